The lowest BCUT2D eigenvalue weighted by Gasteiger charge is -2.36. The molecule has 0 radical (unpaired) electrons. The average molecular weight is 403 g/mol. The van der Waals surface area contributed by atoms with Gasteiger partial charge >= 0.3 is 0 Å². The van der Waals surface area contributed by atoms with Gasteiger partial charge in [-0.1, -0.05) is 35.3 Å². The second-order valence-electron chi connectivity index (χ2n) is 6.84. The van der Waals surface area contributed by atoms with Crippen LogP contribution in [0.1, 0.15) is 12.0 Å². The number of benzene rings is 2. The standard InChI is InChI=1S/C21H24Cl2N4/c1-25(18-6-2-5-17(15-18)16-24)9-4-10-26-11-13-27(14-12-26)20-8-3-7-19(22)21(20)23/h2-3,5-8,15H,4,9-14H2,1H3. The second-order valence-corrected chi connectivity index (χ2v) is 7.62. The fourth-order valence-corrected chi connectivity index (χ4v) is 3.84. The number of hydrogen-bond acceptors (Lipinski definition) is 4. The third-order valence-electron chi connectivity index (χ3n) is 5.03. The summed E-state index contributed by atoms with van der Waals surface area (Å²) in [6.07, 6.45) is 1.09. The Labute approximate surface area is 171 Å². The fourth-order valence-electron chi connectivity index (χ4n) is 3.42. The van der Waals surface area contributed by atoms with Crippen LogP contribution in [0, 0.1) is 11.3 Å². The molecule has 1 fully saturated rings. The van der Waals surface area contributed by atoms with Crippen molar-refractivity contribution in [1.82, 2.24) is 4.90 Å². The SMILES string of the molecule is CN(CCCN1CCN(c2cccc(Cl)c2Cl)CC1)c1cccc(C#N)c1. The Morgan fingerprint density at radius 1 is 1.07 bits per heavy atom. The van der Waals surface area contributed by atoms with Gasteiger partial charge < -0.3 is 9.80 Å². The average Bonchev–Trinajstić information content (AvgIpc) is 2.70. The van der Waals surface area contributed by atoms with Crippen LogP contribution in [0.4, 0.5) is 11.4 Å². The summed E-state index contributed by atoms with van der Waals surface area (Å²) in [4.78, 5) is 7.02. The highest BCUT2D eigenvalue weighted by molar-refractivity contribution is 6.43. The number of piperazine rings is 1. The number of anilines is 2. The zero-order valence-corrected chi connectivity index (χ0v) is 17.0. The van der Waals surface area contributed by atoms with Gasteiger partial charge in [0.05, 0.1) is 27.4 Å². The Morgan fingerprint density at radius 3 is 2.56 bits per heavy atom. The van der Waals surface area contributed by atoms with E-state index in [-0.39, 0.29) is 0 Å². The zero-order valence-electron chi connectivity index (χ0n) is 15.5. The molecule has 1 heterocycles. The molecule has 1 aliphatic heterocycles. The first kappa shape index (κ1) is 19.8. The minimum Gasteiger partial charge on any atom is -0.375 e. The van der Waals surface area contributed by atoms with Crippen LogP contribution in [0.2, 0.25) is 10.0 Å². The second kappa shape index (κ2) is 9.32. The maximum absolute atomic E-state index is 9.03. The van der Waals surface area contributed by atoms with Crippen molar-refractivity contribution in [2.24, 2.45) is 0 Å². The summed E-state index contributed by atoms with van der Waals surface area (Å²) >= 11 is 12.5. The molecule has 0 saturated carbocycles. The molecule has 0 N–H and O–H groups in total. The first-order valence-electron chi connectivity index (χ1n) is 9.21. The molecule has 3 rings (SSSR count). The predicted octanol–water partition coefficient (Wildman–Crippen LogP) is 4.51. The van der Waals surface area contributed by atoms with Crippen LogP contribution >= 0.6 is 23.2 Å². The van der Waals surface area contributed by atoms with Gasteiger partial charge in [-0.25, -0.2) is 0 Å². The highest BCUT2D eigenvalue weighted by Crippen LogP contribution is 2.32. The molecule has 2 aromatic carbocycles. The molecule has 0 aromatic heterocycles. The summed E-state index contributed by atoms with van der Waals surface area (Å²) < 4.78 is 0. The first-order valence-corrected chi connectivity index (χ1v) is 9.96. The number of hydrogen-bond donors (Lipinski definition) is 0. The van der Waals surface area contributed by atoms with Crippen LogP contribution in [-0.2, 0) is 0 Å². The van der Waals surface area contributed by atoms with Crippen molar-refractivity contribution < 1.29 is 0 Å². The molecule has 1 aliphatic rings. The molecule has 6 heteroatoms. The highest BCUT2D eigenvalue weighted by atomic mass is 35.5. The molecule has 0 atom stereocenters. The van der Waals surface area contributed by atoms with E-state index in [2.05, 4.69) is 27.8 Å². The molecule has 4 nitrogen and oxygen atoms in total. The van der Waals surface area contributed by atoms with E-state index in [1.165, 1.54) is 0 Å². The Bertz CT molecular complexity index is 810. The van der Waals surface area contributed by atoms with Crippen LogP contribution in [0.5, 0.6) is 0 Å². The lowest BCUT2D eigenvalue weighted by molar-refractivity contribution is 0.256. The van der Waals surface area contributed by atoms with Crippen molar-refractivity contribution in [1.29, 1.82) is 5.26 Å². The molecule has 0 aliphatic carbocycles. The van der Waals surface area contributed by atoms with Crippen molar-refractivity contribution >= 4 is 34.6 Å². The number of nitriles is 1. The van der Waals surface area contributed by atoms with Crippen LogP contribution in [0.3, 0.4) is 0 Å². The van der Waals surface area contributed by atoms with E-state index < -0.39 is 0 Å². The van der Waals surface area contributed by atoms with Crippen LogP contribution in [0.25, 0.3) is 0 Å². The van der Waals surface area contributed by atoms with Gasteiger partial charge in [0.25, 0.3) is 0 Å². The molecular formula is C21H24Cl2N4. The summed E-state index contributed by atoms with van der Waals surface area (Å²) in [6, 6.07) is 15.8. The van der Waals surface area contributed by atoms with E-state index in [9.17, 15) is 0 Å². The minimum absolute atomic E-state index is 0.611. The molecule has 0 bridgehead atoms. The third kappa shape index (κ3) is 5.07. The van der Waals surface area contributed by atoms with Crippen LogP contribution < -0.4 is 9.80 Å². The van der Waals surface area contributed by atoms with E-state index in [0.29, 0.717) is 15.6 Å². The van der Waals surface area contributed by atoms with Crippen LogP contribution in [0.15, 0.2) is 42.5 Å². The molecule has 0 unspecified atom stereocenters. The largest absolute Gasteiger partial charge is 0.375 e. The quantitative estimate of drug-likeness (QED) is 0.711. The van der Waals surface area contributed by atoms with E-state index >= 15 is 0 Å². The summed E-state index contributed by atoms with van der Waals surface area (Å²) in [5, 5.41) is 10.3. The Balaban J connectivity index is 1.44. The van der Waals surface area contributed by atoms with Gasteiger partial charge in [0.2, 0.25) is 0 Å². The summed E-state index contributed by atoms with van der Waals surface area (Å²) in [5.74, 6) is 0. The number of nitrogens with zero attached hydrogens (tertiary/aromatic N) is 4. The molecule has 27 heavy (non-hydrogen) atoms. The Hall–Kier alpha value is -1.93. The topological polar surface area (TPSA) is 33.5 Å². The van der Waals surface area contributed by atoms with Crippen molar-refractivity contribution in [2.75, 3.05) is 56.1 Å². The van der Waals surface area contributed by atoms with Crippen molar-refractivity contribution in [3.8, 4) is 6.07 Å². The lowest BCUT2D eigenvalue weighted by Crippen LogP contribution is -2.47. The van der Waals surface area contributed by atoms with Crippen molar-refractivity contribution in [2.45, 2.75) is 6.42 Å². The van der Waals surface area contributed by atoms with Crippen molar-refractivity contribution in [3.05, 3.63) is 58.1 Å². The molecule has 2 aromatic rings. The monoisotopic (exact) mass is 402 g/mol. The third-order valence-corrected chi connectivity index (χ3v) is 5.84. The zero-order chi connectivity index (χ0) is 19.2. The molecule has 0 amide bonds. The van der Waals surface area contributed by atoms with Gasteiger partial charge in [-0.05, 0) is 43.3 Å². The van der Waals surface area contributed by atoms with E-state index in [4.69, 9.17) is 28.5 Å². The van der Waals surface area contributed by atoms with Gasteiger partial charge in [-0.2, -0.15) is 5.26 Å². The Morgan fingerprint density at radius 2 is 1.81 bits per heavy atom. The van der Waals surface area contributed by atoms with Crippen LogP contribution in [-0.4, -0.2) is 51.2 Å². The maximum atomic E-state index is 9.03. The van der Waals surface area contributed by atoms with E-state index in [1.807, 2.05) is 42.5 Å². The van der Waals surface area contributed by atoms with E-state index in [0.717, 1.165) is 57.1 Å². The van der Waals surface area contributed by atoms with E-state index in [1.54, 1.807) is 0 Å². The summed E-state index contributed by atoms with van der Waals surface area (Å²) in [7, 11) is 2.08. The summed E-state index contributed by atoms with van der Waals surface area (Å²) in [6.45, 7) is 6.00. The Kier molecular flexibility index (Phi) is 6.84. The minimum atomic E-state index is 0.611. The summed E-state index contributed by atoms with van der Waals surface area (Å²) in [5.41, 5.74) is 2.82. The van der Waals surface area contributed by atoms with Gasteiger partial charge in [0.1, 0.15) is 0 Å². The lowest BCUT2D eigenvalue weighted by atomic mass is 10.2. The molecule has 1 saturated heterocycles. The molecule has 142 valence electrons. The first-order chi connectivity index (χ1) is 13.1. The van der Waals surface area contributed by atoms with Gasteiger partial charge in [0, 0.05) is 45.5 Å². The van der Waals surface area contributed by atoms with Gasteiger partial charge in [-0.3, -0.25) is 4.90 Å². The maximum Gasteiger partial charge on any atom is 0.0992 e. The molecule has 0 spiro atoms. The van der Waals surface area contributed by atoms with Gasteiger partial charge in [-0.15, -0.1) is 0 Å². The van der Waals surface area contributed by atoms with Gasteiger partial charge in [0.15, 0.2) is 0 Å². The predicted molar refractivity (Wildman–Crippen MR) is 114 cm³/mol. The smallest absolute Gasteiger partial charge is 0.0992 e. The fraction of sp³-hybridized carbons (Fsp3) is 0.381. The number of halogens is 2. The normalized spacial score (nSPS) is 14.8. The highest BCUT2D eigenvalue weighted by Gasteiger charge is 2.19. The van der Waals surface area contributed by atoms with Crippen molar-refractivity contribution in [3.63, 3.8) is 0 Å². The number of rotatable bonds is 6. The molecular weight excluding hydrogens is 379 g/mol.